The van der Waals surface area contributed by atoms with E-state index in [1.54, 1.807) is 24.3 Å². The molecule has 3 aromatic rings. The summed E-state index contributed by atoms with van der Waals surface area (Å²) in [4.78, 5) is 28.4. The molecule has 0 spiro atoms. The maximum atomic E-state index is 13.7. The SMILES string of the molecule is CCCCCCCCCCCCCCOc1ccc(COC(=O)N(Cc2cc[n+](CC)cc2)C(=O)c2ccccc2OC)cc1C(C)(C)C. The van der Waals surface area contributed by atoms with Crippen molar-refractivity contribution in [2.24, 2.45) is 0 Å². The Hall–Kier alpha value is -3.87. The first kappa shape index (κ1) is 39.6. The van der Waals surface area contributed by atoms with Gasteiger partial charge in [-0.25, -0.2) is 14.3 Å². The van der Waals surface area contributed by atoms with Crippen molar-refractivity contribution in [3.05, 3.63) is 89.2 Å². The third-order valence-corrected chi connectivity index (χ3v) is 8.94. The van der Waals surface area contributed by atoms with Crippen LogP contribution in [-0.4, -0.2) is 30.6 Å². The van der Waals surface area contributed by atoms with Crippen molar-refractivity contribution in [2.45, 2.75) is 137 Å². The topological polar surface area (TPSA) is 69.0 Å². The van der Waals surface area contributed by atoms with Gasteiger partial charge in [0, 0.05) is 12.1 Å². The third-order valence-electron chi connectivity index (χ3n) is 8.94. The largest absolute Gasteiger partial charge is 0.496 e. The van der Waals surface area contributed by atoms with E-state index in [9.17, 15) is 9.59 Å². The fourth-order valence-electron chi connectivity index (χ4n) is 5.90. The molecule has 49 heavy (non-hydrogen) atoms. The minimum atomic E-state index is -0.715. The van der Waals surface area contributed by atoms with Gasteiger partial charge in [0.25, 0.3) is 5.91 Å². The van der Waals surface area contributed by atoms with E-state index >= 15 is 0 Å². The number of methoxy groups -OCH3 is 1. The lowest BCUT2D eigenvalue weighted by molar-refractivity contribution is -0.693. The first-order chi connectivity index (χ1) is 23.7. The lowest BCUT2D eigenvalue weighted by atomic mass is 9.85. The number of aromatic nitrogens is 1. The van der Waals surface area contributed by atoms with E-state index in [-0.39, 0.29) is 18.6 Å². The van der Waals surface area contributed by atoms with E-state index in [1.807, 2.05) is 41.2 Å². The molecular formula is C42H61N2O5+. The molecule has 1 aromatic heterocycles. The van der Waals surface area contributed by atoms with Crippen molar-refractivity contribution >= 4 is 12.0 Å². The van der Waals surface area contributed by atoms with Crippen LogP contribution >= 0.6 is 0 Å². The summed E-state index contributed by atoms with van der Waals surface area (Å²) in [7, 11) is 1.51. The second-order valence-corrected chi connectivity index (χ2v) is 14.0. The number of benzene rings is 2. The Morgan fingerprint density at radius 3 is 1.94 bits per heavy atom. The molecule has 0 bridgehead atoms. The molecule has 0 unspecified atom stereocenters. The lowest BCUT2D eigenvalue weighted by Gasteiger charge is -2.24. The van der Waals surface area contributed by atoms with Crippen molar-refractivity contribution in [2.75, 3.05) is 13.7 Å². The van der Waals surface area contributed by atoms with Gasteiger partial charge in [0.2, 0.25) is 0 Å². The van der Waals surface area contributed by atoms with Gasteiger partial charge in [0.05, 0.1) is 25.8 Å². The first-order valence-corrected chi connectivity index (χ1v) is 18.5. The van der Waals surface area contributed by atoms with Gasteiger partial charge in [0.1, 0.15) is 24.7 Å². The number of amides is 2. The zero-order chi connectivity index (χ0) is 35.5. The fraction of sp³-hybridized carbons (Fsp3) is 0.548. The highest BCUT2D eigenvalue weighted by Crippen LogP contribution is 2.33. The number of unbranched alkanes of at least 4 members (excludes halogenated alkanes) is 11. The Labute approximate surface area is 296 Å². The Kier molecular flexibility index (Phi) is 17.2. The van der Waals surface area contributed by atoms with Gasteiger partial charge in [0.15, 0.2) is 12.4 Å². The van der Waals surface area contributed by atoms with E-state index in [4.69, 9.17) is 14.2 Å². The molecule has 268 valence electrons. The molecular weight excluding hydrogens is 612 g/mol. The van der Waals surface area contributed by atoms with Crippen LogP contribution < -0.4 is 14.0 Å². The van der Waals surface area contributed by atoms with E-state index in [0.717, 1.165) is 40.3 Å². The zero-order valence-electron chi connectivity index (χ0n) is 31.1. The van der Waals surface area contributed by atoms with Crippen LogP contribution in [-0.2, 0) is 29.8 Å². The molecule has 2 amide bonds. The standard InChI is InChI=1S/C42H61N2O5/c1-7-9-10-11-12-13-14-15-16-17-18-21-30-48-39-25-24-35(31-37(39)42(3,4)5)33-49-41(46)44(32-34-26-28-43(8-2)29-27-34)40(45)36-22-19-20-23-38(36)47-6/h19-20,22-29,31H,7-18,21,30,32-33H2,1-6H3/q+1. The normalized spacial score (nSPS) is 11.3. The van der Waals surface area contributed by atoms with Crippen LogP contribution in [0.15, 0.2) is 67.0 Å². The number of hydrogen-bond acceptors (Lipinski definition) is 5. The van der Waals surface area contributed by atoms with Crippen LogP contribution in [0.25, 0.3) is 0 Å². The van der Waals surface area contributed by atoms with E-state index in [0.29, 0.717) is 17.9 Å². The lowest BCUT2D eigenvalue weighted by Crippen LogP contribution is -2.37. The molecule has 0 fully saturated rings. The first-order valence-electron chi connectivity index (χ1n) is 18.5. The quantitative estimate of drug-likeness (QED) is 0.0831. The molecule has 3 rings (SSSR count). The Balaban J connectivity index is 1.57. The van der Waals surface area contributed by atoms with E-state index < -0.39 is 12.0 Å². The molecule has 1 heterocycles. The maximum absolute atomic E-state index is 13.7. The summed E-state index contributed by atoms with van der Waals surface area (Å²) in [6.07, 6.45) is 18.9. The molecule has 0 radical (unpaired) electrons. The Morgan fingerprint density at radius 2 is 1.35 bits per heavy atom. The summed E-state index contributed by atoms with van der Waals surface area (Å²) in [5.41, 5.74) is 2.85. The van der Waals surface area contributed by atoms with Gasteiger partial charge in [-0.3, -0.25) is 4.79 Å². The summed E-state index contributed by atoms with van der Waals surface area (Å²) in [5, 5.41) is 0. The highest BCUT2D eigenvalue weighted by molar-refractivity contribution is 6.04. The molecule has 0 saturated carbocycles. The average Bonchev–Trinajstić information content (AvgIpc) is 3.11. The number of rotatable bonds is 21. The smallest absolute Gasteiger partial charge is 0.417 e. The number of ether oxygens (including phenoxy) is 3. The number of aryl methyl sites for hydroxylation is 1. The zero-order valence-corrected chi connectivity index (χ0v) is 31.1. The molecule has 0 N–H and O–H groups in total. The average molecular weight is 674 g/mol. The number of imide groups is 1. The van der Waals surface area contributed by atoms with Gasteiger partial charge < -0.3 is 14.2 Å². The summed E-state index contributed by atoms with van der Waals surface area (Å²) in [5.74, 6) is 0.787. The van der Waals surface area contributed by atoms with Gasteiger partial charge in [-0.15, -0.1) is 0 Å². The predicted octanol–water partition coefficient (Wildman–Crippen LogP) is 10.4. The molecule has 0 aliphatic heterocycles. The van der Waals surface area contributed by atoms with E-state index in [1.165, 1.54) is 77.7 Å². The second kappa shape index (κ2) is 21.3. The second-order valence-electron chi connectivity index (χ2n) is 14.0. The molecule has 0 atom stereocenters. The number of carbonyl (C=O) groups excluding carboxylic acids is 2. The fourth-order valence-corrected chi connectivity index (χ4v) is 5.90. The van der Waals surface area contributed by atoms with Crippen LogP contribution in [0.2, 0.25) is 0 Å². The van der Waals surface area contributed by atoms with Gasteiger partial charge in [-0.2, -0.15) is 0 Å². The summed E-state index contributed by atoms with van der Waals surface area (Å²) < 4.78 is 19.5. The third kappa shape index (κ3) is 13.5. The number of pyridine rings is 1. The Morgan fingerprint density at radius 1 is 0.735 bits per heavy atom. The van der Waals surface area contributed by atoms with Gasteiger partial charge in [-0.05, 0) is 59.7 Å². The number of para-hydroxylation sites is 1. The van der Waals surface area contributed by atoms with Crippen molar-refractivity contribution < 1.29 is 28.4 Å². The number of carbonyl (C=O) groups is 2. The van der Waals surface area contributed by atoms with E-state index in [2.05, 4.69) is 40.7 Å². The van der Waals surface area contributed by atoms with Crippen LogP contribution in [0.5, 0.6) is 11.5 Å². The monoisotopic (exact) mass is 673 g/mol. The highest BCUT2D eigenvalue weighted by Gasteiger charge is 2.28. The van der Waals surface area contributed by atoms with Crippen LogP contribution in [0, 0.1) is 0 Å². The van der Waals surface area contributed by atoms with Crippen molar-refractivity contribution in [1.82, 2.24) is 4.90 Å². The molecule has 0 aliphatic rings. The van der Waals surface area contributed by atoms with Crippen molar-refractivity contribution in [3.63, 3.8) is 0 Å². The molecule has 0 saturated heterocycles. The molecule has 0 aliphatic carbocycles. The van der Waals surface area contributed by atoms with Crippen LogP contribution in [0.4, 0.5) is 4.79 Å². The minimum absolute atomic E-state index is 0.0290. The summed E-state index contributed by atoms with van der Waals surface area (Å²) >= 11 is 0. The number of nitrogens with zero attached hydrogens (tertiary/aromatic N) is 2. The Bertz CT molecular complexity index is 1410. The highest BCUT2D eigenvalue weighted by atomic mass is 16.6. The maximum Gasteiger partial charge on any atom is 0.417 e. The number of hydrogen-bond donors (Lipinski definition) is 0. The van der Waals surface area contributed by atoms with Gasteiger partial charge in [-0.1, -0.05) is 117 Å². The molecule has 7 nitrogen and oxygen atoms in total. The van der Waals surface area contributed by atoms with Gasteiger partial charge >= 0.3 is 6.09 Å². The predicted molar refractivity (Wildman–Crippen MR) is 197 cm³/mol. The summed E-state index contributed by atoms with van der Waals surface area (Å²) in [6, 6.07) is 16.7. The summed E-state index contributed by atoms with van der Waals surface area (Å²) in [6.45, 7) is 12.4. The van der Waals surface area contributed by atoms with Crippen LogP contribution in [0.1, 0.15) is 139 Å². The molecule has 2 aromatic carbocycles. The van der Waals surface area contributed by atoms with Crippen molar-refractivity contribution in [3.8, 4) is 11.5 Å². The van der Waals surface area contributed by atoms with Crippen LogP contribution in [0.3, 0.4) is 0 Å². The van der Waals surface area contributed by atoms with Crippen molar-refractivity contribution in [1.29, 1.82) is 0 Å². The minimum Gasteiger partial charge on any atom is -0.496 e. The molecule has 7 heteroatoms.